The first-order chi connectivity index (χ1) is 11.7. The fraction of sp³-hybridized carbons (Fsp3) is 0.158. The van der Waals surface area contributed by atoms with Gasteiger partial charge in [-0.15, -0.1) is 11.3 Å². The molecule has 3 rings (SSSR count). The number of ether oxygens (including phenoxy) is 1. The van der Waals surface area contributed by atoms with Crippen LogP contribution in [0.25, 0.3) is 0 Å². The van der Waals surface area contributed by atoms with E-state index in [2.05, 4.69) is 27.6 Å². The van der Waals surface area contributed by atoms with Crippen LogP contribution >= 0.6 is 11.3 Å². The first kappa shape index (κ1) is 16.2. The highest BCUT2D eigenvalue weighted by molar-refractivity contribution is 7.13. The largest absolute Gasteiger partial charge is 0.489 e. The second-order valence-electron chi connectivity index (χ2n) is 5.46. The van der Waals surface area contributed by atoms with E-state index in [9.17, 15) is 0 Å². The maximum Gasteiger partial charge on any atom is 0.203 e. The van der Waals surface area contributed by atoms with Gasteiger partial charge in [0.25, 0.3) is 0 Å². The Morgan fingerprint density at radius 2 is 2.00 bits per heavy atom. The number of anilines is 1. The molecule has 0 saturated carbocycles. The molecule has 1 aromatic heterocycles. The summed E-state index contributed by atoms with van der Waals surface area (Å²) < 4.78 is 5.94. The molecule has 0 radical (unpaired) electrons. The number of nitrogens with zero attached hydrogens (tertiary/aromatic N) is 2. The van der Waals surface area contributed by atoms with Crippen molar-refractivity contribution in [1.82, 2.24) is 4.98 Å². The van der Waals surface area contributed by atoms with E-state index in [0.717, 1.165) is 33.3 Å². The molecule has 0 unspecified atom stereocenters. The molecule has 0 aliphatic carbocycles. The summed E-state index contributed by atoms with van der Waals surface area (Å²) in [7, 11) is 0. The Hall–Kier alpha value is -2.66. The van der Waals surface area contributed by atoms with Crippen molar-refractivity contribution in [1.29, 1.82) is 0 Å². The monoisotopic (exact) mass is 337 g/mol. The zero-order valence-electron chi connectivity index (χ0n) is 13.7. The van der Waals surface area contributed by atoms with E-state index >= 15 is 0 Å². The molecule has 1 N–H and O–H groups in total. The van der Waals surface area contributed by atoms with Crippen molar-refractivity contribution in [2.24, 2.45) is 5.10 Å². The first-order valence-corrected chi connectivity index (χ1v) is 8.57. The van der Waals surface area contributed by atoms with Gasteiger partial charge < -0.3 is 4.74 Å². The highest BCUT2D eigenvalue weighted by Crippen LogP contribution is 2.20. The predicted molar refractivity (Wildman–Crippen MR) is 100 cm³/mol. The summed E-state index contributed by atoms with van der Waals surface area (Å²) in [6.07, 6.45) is 1.77. The Labute approximate surface area is 145 Å². The lowest BCUT2D eigenvalue weighted by Gasteiger charge is -2.10. The lowest BCUT2D eigenvalue weighted by molar-refractivity contribution is 0.304. The number of aromatic nitrogens is 1. The molecule has 0 aliphatic rings. The van der Waals surface area contributed by atoms with Gasteiger partial charge in [0.05, 0.1) is 11.9 Å². The maximum atomic E-state index is 5.94. The zero-order chi connectivity index (χ0) is 16.8. The maximum absolute atomic E-state index is 5.94. The molecular formula is C19H19N3OS. The van der Waals surface area contributed by atoms with Crippen LogP contribution in [0.5, 0.6) is 5.75 Å². The van der Waals surface area contributed by atoms with E-state index in [1.165, 1.54) is 11.3 Å². The van der Waals surface area contributed by atoms with Crippen molar-refractivity contribution >= 4 is 22.7 Å². The molecule has 0 spiro atoms. The molecule has 1 heterocycles. The molecule has 4 nitrogen and oxygen atoms in total. The van der Waals surface area contributed by atoms with Gasteiger partial charge in [-0.25, -0.2) is 4.98 Å². The standard InChI is InChI=1S/C19H19N3OS/c1-14-8-9-17(11-20-22-19-21-15(2)13-24-19)10-18(14)23-12-16-6-4-3-5-7-16/h3-11,13H,12H2,1-2H3,(H,21,22). The van der Waals surface area contributed by atoms with Crippen molar-refractivity contribution in [3.8, 4) is 5.75 Å². The molecule has 0 atom stereocenters. The van der Waals surface area contributed by atoms with Crippen molar-refractivity contribution in [3.05, 3.63) is 76.3 Å². The highest BCUT2D eigenvalue weighted by atomic mass is 32.1. The lowest BCUT2D eigenvalue weighted by atomic mass is 10.1. The summed E-state index contributed by atoms with van der Waals surface area (Å²) in [4.78, 5) is 4.31. The van der Waals surface area contributed by atoms with Crippen LogP contribution in [0.15, 0.2) is 59.0 Å². The number of hydrogen-bond acceptors (Lipinski definition) is 5. The fourth-order valence-electron chi connectivity index (χ4n) is 2.16. The number of hydrazone groups is 1. The van der Waals surface area contributed by atoms with Crippen LogP contribution in [0.4, 0.5) is 5.13 Å². The Bertz CT molecular complexity index is 828. The normalized spacial score (nSPS) is 10.9. The van der Waals surface area contributed by atoms with E-state index in [1.54, 1.807) is 6.21 Å². The van der Waals surface area contributed by atoms with Gasteiger partial charge in [0.2, 0.25) is 5.13 Å². The van der Waals surface area contributed by atoms with Crippen LogP contribution in [0, 0.1) is 13.8 Å². The third-order valence-corrected chi connectivity index (χ3v) is 4.31. The summed E-state index contributed by atoms with van der Waals surface area (Å²) in [6, 6.07) is 16.2. The second kappa shape index (κ2) is 7.75. The minimum atomic E-state index is 0.554. The summed E-state index contributed by atoms with van der Waals surface area (Å²) in [5.74, 6) is 0.868. The predicted octanol–water partition coefficient (Wildman–Crippen LogP) is 4.78. The summed E-state index contributed by atoms with van der Waals surface area (Å²) >= 11 is 1.54. The number of thiazole rings is 1. The molecule has 3 aromatic rings. The van der Waals surface area contributed by atoms with Gasteiger partial charge in [-0.3, -0.25) is 5.43 Å². The molecule has 24 heavy (non-hydrogen) atoms. The van der Waals surface area contributed by atoms with Crippen LogP contribution in [0.2, 0.25) is 0 Å². The van der Waals surface area contributed by atoms with Gasteiger partial charge in [0.1, 0.15) is 12.4 Å². The van der Waals surface area contributed by atoms with Gasteiger partial charge in [-0.2, -0.15) is 5.10 Å². The Kier molecular flexibility index (Phi) is 5.23. The van der Waals surface area contributed by atoms with Crippen molar-refractivity contribution < 1.29 is 4.74 Å². The average Bonchev–Trinajstić information content (AvgIpc) is 3.01. The molecule has 0 aliphatic heterocycles. The van der Waals surface area contributed by atoms with E-state index in [-0.39, 0.29) is 0 Å². The van der Waals surface area contributed by atoms with E-state index in [0.29, 0.717) is 6.61 Å². The smallest absolute Gasteiger partial charge is 0.203 e. The third-order valence-electron chi connectivity index (χ3n) is 3.44. The Balaban J connectivity index is 1.64. The number of hydrogen-bond donors (Lipinski definition) is 1. The lowest BCUT2D eigenvalue weighted by Crippen LogP contribution is -1.98. The topological polar surface area (TPSA) is 46.5 Å². The molecule has 0 amide bonds. The van der Waals surface area contributed by atoms with Crippen molar-refractivity contribution in [2.75, 3.05) is 5.43 Å². The van der Waals surface area contributed by atoms with Crippen LogP contribution in [0.1, 0.15) is 22.4 Å². The van der Waals surface area contributed by atoms with E-state index < -0.39 is 0 Å². The molecular weight excluding hydrogens is 318 g/mol. The van der Waals surface area contributed by atoms with Gasteiger partial charge in [0, 0.05) is 5.38 Å². The van der Waals surface area contributed by atoms with Crippen molar-refractivity contribution in [2.45, 2.75) is 20.5 Å². The summed E-state index contributed by atoms with van der Waals surface area (Å²) in [5.41, 5.74) is 7.16. The van der Waals surface area contributed by atoms with Gasteiger partial charge in [-0.1, -0.05) is 42.5 Å². The molecule has 5 heteroatoms. The van der Waals surface area contributed by atoms with Gasteiger partial charge in [-0.05, 0) is 36.6 Å². The average molecular weight is 337 g/mol. The molecule has 0 saturated heterocycles. The van der Waals surface area contributed by atoms with Crippen LogP contribution < -0.4 is 10.2 Å². The number of aryl methyl sites for hydroxylation is 2. The van der Waals surface area contributed by atoms with E-state index in [1.807, 2.05) is 55.6 Å². The summed E-state index contributed by atoms with van der Waals surface area (Å²) in [5, 5.41) is 7.01. The van der Waals surface area contributed by atoms with Gasteiger partial charge in [0.15, 0.2) is 0 Å². The number of nitrogens with one attached hydrogen (secondary N) is 1. The molecule has 0 bridgehead atoms. The Morgan fingerprint density at radius 3 is 2.75 bits per heavy atom. The molecule has 0 fully saturated rings. The van der Waals surface area contributed by atoms with Crippen LogP contribution in [-0.4, -0.2) is 11.2 Å². The minimum Gasteiger partial charge on any atom is -0.489 e. The number of benzene rings is 2. The van der Waals surface area contributed by atoms with Crippen LogP contribution in [0.3, 0.4) is 0 Å². The quantitative estimate of drug-likeness (QED) is 0.520. The zero-order valence-corrected chi connectivity index (χ0v) is 14.5. The second-order valence-corrected chi connectivity index (χ2v) is 6.32. The summed E-state index contributed by atoms with van der Waals surface area (Å²) in [6.45, 7) is 4.55. The Morgan fingerprint density at radius 1 is 1.17 bits per heavy atom. The van der Waals surface area contributed by atoms with Gasteiger partial charge >= 0.3 is 0 Å². The first-order valence-electron chi connectivity index (χ1n) is 7.69. The molecule has 122 valence electrons. The third kappa shape index (κ3) is 4.43. The van der Waals surface area contributed by atoms with Crippen LogP contribution in [-0.2, 0) is 6.61 Å². The molecule has 2 aromatic carbocycles. The van der Waals surface area contributed by atoms with Crippen molar-refractivity contribution in [3.63, 3.8) is 0 Å². The minimum absolute atomic E-state index is 0.554. The number of rotatable bonds is 6. The van der Waals surface area contributed by atoms with E-state index in [4.69, 9.17) is 4.74 Å². The fourth-order valence-corrected chi connectivity index (χ4v) is 2.79. The SMILES string of the molecule is Cc1csc(NN=Cc2ccc(C)c(OCc3ccccc3)c2)n1. The highest BCUT2D eigenvalue weighted by Gasteiger charge is 2.02.